The van der Waals surface area contributed by atoms with Crippen LogP contribution in [0.15, 0.2) is 36.4 Å². The summed E-state index contributed by atoms with van der Waals surface area (Å²) in [4.78, 5) is 39.5. The fraction of sp³-hybridized carbons (Fsp3) is 0.409. The minimum atomic E-state index is -0.240. The predicted octanol–water partition coefficient (Wildman–Crippen LogP) is 3.41. The summed E-state index contributed by atoms with van der Waals surface area (Å²) in [5.74, 6) is -0.347. The fourth-order valence-corrected chi connectivity index (χ4v) is 4.42. The van der Waals surface area contributed by atoms with E-state index >= 15 is 0 Å². The van der Waals surface area contributed by atoms with Crippen molar-refractivity contribution >= 4 is 23.4 Å². The SMILES string of the molecule is Cc1ccc(C)n1NC(=O)c1ccc(N2C(=O)[C@H]3C[C@@H](C)CC[C@H]3C2=O)cc1. The highest BCUT2D eigenvalue weighted by Gasteiger charge is 2.49. The Bertz CT molecular complexity index is 925. The maximum Gasteiger partial charge on any atom is 0.270 e. The van der Waals surface area contributed by atoms with E-state index in [1.165, 1.54) is 4.90 Å². The lowest BCUT2D eigenvalue weighted by Crippen LogP contribution is -2.31. The molecule has 1 aromatic carbocycles. The zero-order valence-corrected chi connectivity index (χ0v) is 16.4. The third-order valence-corrected chi connectivity index (χ3v) is 6.06. The second-order valence-corrected chi connectivity index (χ2v) is 8.08. The number of carbonyl (C=O) groups is 3. The number of anilines is 1. The van der Waals surface area contributed by atoms with Crippen molar-refractivity contribution in [3.63, 3.8) is 0 Å². The molecule has 0 bridgehead atoms. The van der Waals surface area contributed by atoms with E-state index in [-0.39, 0.29) is 29.6 Å². The van der Waals surface area contributed by atoms with Gasteiger partial charge in [0.2, 0.25) is 11.8 Å². The maximum atomic E-state index is 12.8. The molecule has 1 saturated carbocycles. The summed E-state index contributed by atoms with van der Waals surface area (Å²) in [6.07, 6.45) is 2.55. The molecule has 0 spiro atoms. The van der Waals surface area contributed by atoms with Crippen molar-refractivity contribution in [3.05, 3.63) is 53.3 Å². The van der Waals surface area contributed by atoms with Crippen LogP contribution in [-0.2, 0) is 9.59 Å². The van der Waals surface area contributed by atoms with Crippen molar-refractivity contribution in [1.29, 1.82) is 0 Å². The molecule has 146 valence electrons. The average molecular weight is 379 g/mol. The highest BCUT2D eigenvalue weighted by Crippen LogP contribution is 2.42. The zero-order chi connectivity index (χ0) is 20.0. The topological polar surface area (TPSA) is 71.4 Å². The largest absolute Gasteiger partial charge is 0.274 e. The zero-order valence-electron chi connectivity index (χ0n) is 16.4. The summed E-state index contributed by atoms with van der Waals surface area (Å²) < 4.78 is 1.73. The molecule has 0 unspecified atom stereocenters. The van der Waals surface area contributed by atoms with Crippen molar-refractivity contribution in [2.45, 2.75) is 40.0 Å². The van der Waals surface area contributed by atoms with E-state index in [1.54, 1.807) is 28.9 Å². The van der Waals surface area contributed by atoms with Gasteiger partial charge in [-0.2, -0.15) is 0 Å². The van der Waals surface area contributed by atoms with E-state index in [0.717, 1.165) is 30.7 Å². The number of nitrogens with zero attached hydrogens (tertiary/aromatic N) is 2. The van der Waals surface area contributed by atoms with Gasteiger partial charge in [-0.25, -0.2) is 0 Å². The van der Waals surface area contributed by atoms with Crippen LogP contribution < -0.4 is 10.3 Å². The Morgan fingerprint density at radius 1 is 0.929 bits per heavy atom. The molecule has 3 atom stereocenters. The van der Waals surface area contributed by atoms with Gasteiger partial charge in [-0.05, 0) is 75.4 Å². The Morgan fingerprint density at radius 3 is 2.18 bits per heavy atom. The number of hydrogen-bond donors (Lipinski definition) is 1. The Morgan fingerprint density at radius 2 is 1.54 bits per heavy atom. The van der Waals surface area contributed by atoms with Crippen molar-refractivity contribution in [2.75, 3.05) is 10.3 Å². The average Bonchev–Trinajstić information content (AvgIpc) is 3.12. The summed E-state index contributed by atoms with van der Waals surface area (Å²) in [6, 6.07) is 10.5. The summed E-state index contributed by atoms with van der Waals surface area (Å²) >= 11 is 0. The summed E-state index contributed by atoms with van der Waals surface area (Å²) in [7, 11) is 0. The normalized spacial score (nSPS) is 24.4. The smallest absolute Gasteiger partial charge is 0.270 e. The van der Waals surface area contributed by atoms with Crippen LogP contribution in [0.1, 0.15) is 47.9 Å². The third-order valence-electron chi connectivity index (χ3n) is 6.06. The molecule has 28 heavy (non-hydrogen) atoms. The first-order valence-electron chi connectivity index (χ1n) is 9.81. The van der Waals surface area contributed by atoms with Gasteiger partial charge in [0.1, 0.15) is 0 Å². The first kappa shape index (κ1) is 18.5. The van der Waals surface area contributed by atoms with E-state index in [1.807, 2.05) is 26.0 Å². The second-order valence-electron chi connectivity index (χ2n) is 8.08. The van der Waals surface area contributed by atoms with Crippen molar-refractivity contribution in [2.24, 2.45) is 17.8 Å². The lowest BCUT2D eigenvalue weighted by atomic mass is 9.76. The monoisotopic (exact) mass is 379 g/mol. The van der Waals surface area contributed by atoms with Gasteiger partial charge in [0.05, 0.1) is 17.5 Å². The molecule has 1 aliphatic carbocycles. The van der Waals surface area contributed by atoms with Crippen molar-refractivity contribution in [3.8, 4) is 0 Å². The minimum Gasteiger partial charge on any atom is -0.274 e. The van der Waals surface area contributed by atoms with Gasteiger partial charge in [0, 0.05) is 17.0 Å². The fourth-order valence-electron chi connectivity index (χ4n) is 4.42. The Kier molecular flexibility index (Phi) is 4.57. The number of aryl methyl sites for hydroxylation is 2. The number of imide groups is 1. The molecule has 3 amide bonds. The molecular formula is C22H25N3O3. The van der Waals surface area contributed by atoms with Gasteiger partial charge in [-0.15, -0.1) is 0 Å². The number of carbonyl (C=O) groups excluding carboxylic acids is 3. The first-order valence-corrected chi connectivity index (χ1v) is 9.81. The summed E-state index contributed by atoms with van der Waals surface area (Å²) in [5.41, 5.74) is 5.75. The quantitative estimate of drug-likeness (QED) is 0.831. The van der Waals surface area contributed by atoms with Crippen LogP contribution in [0.5, 0.6) is 0 Å². The number of nitrogens with one attached hydrogen (secondary N) is 1. The van der Waals surface area contributed by atoms with E-state index < -0.39 is 0 Å². The minimum absolute atomic E-state index is 0.0994. The molecule has 1 aromatic heterocycles. The molecule has 1 N–H and O–H groups in total. The number of hydrogen-bond acceptors (Lipinski definition) is 3. The van der Waals surface area contributed by atoms with Crippen LogP contribution in [0.2, 0.25) is 0 Å². The maximum absolute atomic E-state index is 12.8. The number of amides is 3. The number of rotatable bonds is 3. The lowest BCUT2D eigenvalue weighted by Gasteiger charge is -2.25. The van der Waals surface area contributed by atoms with Crippen LogP contribution in [0.4, 0.5) is 5.69 Å². The van der Waals surface area contributed by atoms with Gasteiger partial charge < -0.3 is 0 Å². The van der Waals surface area contributed by atoms with E-state index in [0.29, 0.717) is 17.2 Å². The summed E-state index contributed by atoms with van der Waals surface area (Å²) in [6.45, 7) is 5.97. The van der Waals surface area contributed by atoms with Gasteiger partial charge >= 0.3 is 0 Å². The first-order chi connectivity index (χ1) is 13.4. The number of benzene rings is 1. The molecular weight excluding hydrogens is 354 g/mol. The van der Waals surface area contributed by atoms with Crippen molar-refractivity contribution in [1.82, 2.24) is 4.68 Å². The molecule has 6 heteroatoms. The standard InChI is InChI=1S/C22H25N3O3/c1-13-4-11-18-19(12-13)22(28)24(21(18)27)17-9-7-16(8-10-17)20(26)23-25-14(2)5-6-15(25)3/h5-10,13,18-19H,4,11-12H2,1-3H3,(H,23,26)/t13-,18+,19-/m0/s1. The van der Waals surface area contributed by atoms with Crippen LogP contribution >= 0.6 is 0 Å². The van der Waals surface area contributed by atoms with Crippen molar-refractivity contribution < 1.29 is 14.4 Å². The predicted molar refractivity (Wildman–Crippen MR) is 107 cm³/mol. The third kappa shape index (κ3) is 3.03. The molecule has 2 aliphatic rings. The van der Waals surface area contributed by atoms with E-state index in [9.17, 15) is 14.4 Å². The van der Waals surface area contributed by atoms with E-state index in [2.05, 4.69) is 12.3 Å². The molecule has 1 saturated heterocycles. The molecule has 4 rings (SSSR count). The molecule has 2 aromatic rings. The van der Waals surface area contributed by atoms with Gasteiger partial charge in [-0.1, -0.05) is 6.92 Å². The molecule has 2 heterocycles. The summed E-state index contributed by atoms with van der Waals surface area (Å²) in [5, 5.41) is 0. The van der Waals surface area contributed by atoms with Gasteiger partial charge in [-0.3, -0.25) is 29.4 Å². The molecule has 1 aliphatic heterocycles. The van der Waals surface area contributed by atoms with Gasteiger partial charge in [0.25, 0.3) is 5.91 Å². The van der Waals surface area contributed by atoms with Gasteiger partial charge in [0.15, 0.2) is 0 Å². The Balaban J connectivity index is 1.52. The molecule has 2 fully saturated rings. The lowest BCUT2D eigenvalue weighted by molar-refractivity contribution is -0.122. The Labute approximate surface area is 164 Å². The number of aromatic nitrogens is 1. The molecule has 0 radical (unpaired) electrons. The Hall–Kier alpha value is -2.89. The highest BCUT2D eigenvalue weighted by molar-refractivity contribution is 6.22. The second kappa shape index (κ2) is 6.93. The van der Waals surface area contributed by atoms with Crippen LogP contribution in [0.25, 0.3) is 0 Å². The van der Waals surface area contributed by atoms with Crippen LogP contribution in [-0.4, -0.2) is 22.4 Å². The van der Waals surface area contributed by atoms with Crippen LogP contribution in [0, 0.1) is 31.6 Å². The van der Waals surface area contributed by atoms with E-state index in [4.69, 9.17) is 0 Å². The molecule has 6 nitrogen and oxygen atoms in total. The number of fused-ring (bicyclic) bond motifs is 1. The highest BCUT2D eigenvalue weighted by atomic mass is 16.2. The van der Waals surface area contributed by atoms with Crippen LogP contribution in [0.3, 0.4) is 0 Å².